The first-order valence-electron chi connectivity index (χ1n) is 7.92. The molecule has 0 fully saturated rings. The Bertz CT molecular complexity index is 842. The Morgan fingerprint density at radius 1 is 1.17 bits per heavy atom. The largest absolute Gasteiger partial charge is 0.497 e. The minimum Gasteiger partial charge on any atom is -0.497 e. The molecule has 2 aromatic carbocycles. The van der Waals surface area contributed by atoms with Crippen molar-refractivity contribution in [3.05, 3.63) is 64.4 Å². The Hall–Kier alpha value is -2.33. The third kappa shape index (κ3) is 3.44. The number of ether oxygens (including phenoxy) is 1. The van der Waals surface area contributed by atoms with E-state index < -0.39 is 0 Å². The predicted molar refractivity (Wildman–Crippen MR) is 99.7 cm³/mol. The standard InChI is InChI=1S/C20H21NO2S/c1-14(20(22)21(2)12-15-8-9-24-13-15)16-4-5-18-11-19(23-3)7-6-17(18)10-16/h4-11,13-14H,12H2,1-3H3/t14-/m1/s1. The zero-order chi connectivity index (χ0) is 17.1. The molecule has 0 bridgehead atoms. The summed E-state index contributed by atoms with van der Waals surface area (Å²) in [5.74, 6) is 0.809. The first-order valence-corrected chi connectivity index (χ1v) is 8.86. The average Bonchev–Trinajstić information content (AvgIpc) is 3.12. The quantitative estimate of drug-likeness (QED) is 0.676. The van der Waals surface area contributed by atoms with Gasteiger partial charge in [-0.2, -0.15) is 11.3 Å². The van der Waals surface area contributed by atoms with Crippen LogP contribution in [-0.2, 0) is 11.3 Å². The predicted octanol–water partition coefficient (Wildman–Crippen LogP) is 4.67. The maximum atomic E-state index is 12.7. The van der Waals surface area contributed by atoms with Crippen LogP contribution in [0.25, 0.3) is 10.8 Å². The number of hydrogen-bond acceptors (Lipinski definition) is 3. The van der Waals surface area contributed by atoms with Gasteiger partial charge in [-0.3, -0.25) is 4.79 Å². The molecule has 0 saturated heterocycles. The number of hydrogen-bond donors (Lipinski definition) is 0. The molecule has 0 unspecified atom stereocenters. The molecule has 0 radical (unpaired) electrons. The number of amides is 1. The number of rotatable bonds is 5. The molecule has 3 rings (SSSR count). The van der Waals surface area contributed by atoms with Crippen molar-refractivity contribution < 1.29 is 9.53 Å². The highest BCUT2D eigenvalue weighted by atomic mass is 32.1. The average molecular weight is 339 g/mol. The highest BCUT2D eigenvalue weighted by Crippen LogP contribution is 2.26. The van der Waals surface area contributed by atoms with Crippen LogP contribution in [0.3, 0.4) is 0 Å². The van der Waals surface area contributed by atoms with Gasteiger partial charge in [-0.25, -0.2) is 0 Å². The second-order valence-electron chi connectivity index (χ2n) is 6.02. The Labute approximate surface area is 146 Å². The monoisotopic (exact) mass is 339 g/mol. The number of thiophene rings is 1. The van der Waals surface area contributed by atoms with E-state index in [0.717, 1.165) is 22.1 Å². The van der Waals surface area contributed by atoms with Crippen molar-refractivity contribution in [2.24, 2.45) is 0 Å². The summed E-state index contributed by atoms with van der Waals surface area (Å²) in [5.41, 5.74) is 2.21. The van der Waals surface area contributed by atoms with Crippen molar-refractivity contribution in [3.63, 3.8) is 0 Å². The zero-order valence-electron chi connectivity index (χ0n) is 14.2. The lowest BCUT2D eigenvalue weighted by Gasteiger charge is -2.21. The first kappa shape index (κ1) is 16.5. The Morgan fingerprint density at radius 3 is 2.62 bits per heavy atom. The van der Waals surface area contributed by atoms with Gasteiger partial charge in [-0.1, -0.05) is 24.3 Å². The van der Waals surface area contributed by atoms with Crippen LogP contribution in [0.1, 0.15) is 24.0 Å². The molecule has 0 N–H and O–H groups in total. The van der Waals surface area contributed by atoms with E-state index in [2.05, 4.69) is 23.6 Å². The second kappa shape index (κ2) is 7.05. The van der Waals surface area contributed by atoms with Gasteiger partial charge in [-0.15, -0.1) is 0 Å². The van der Waals surface area contributed by atoms with E-state index in [1.807, 2.05) is 43.6 Å². The van der Waals surface area contributed by atoms with Gasteiger partial charge >= 0.3 is 0 Å². The SMILES string of the molecule is COc1ccc2cc([C@@H](C)C(=O)N(C)Cc3ccsc3)ccc2c1. The number of fused-ring (bicyclic) bond motifs is 1. The summed E-state index contributed by atoms with van der Waals surface area (Å²) in [5, 5.41) is 6.35. The van der Waals surface area contributed by atoms with Crippen LogP contribution >= 0.6 is 11.3 Å². The number of methoxy groups -OCH3 is 1. The number of likely N-dealkylation sites (N-methyl/N-ethyl adjacent to an activating group) is 1. The molecule has 0 aliphatic carbocycles. The number of carbonyl (C=O) groups is 1. The molecular formula is C20H21NO2S. The van der Waals surface area contributed by atoms with Gasteiger partial charge in [-0.05, 0) is 57.8 Å². The molecule has 3 aromatic rings. The van der Waals surface area contributed by atoms with Crippen molar-refractivity contribution in [3.8, 4) is 5.75 Å². The van der Waals surface area contributed by atoms with E-state index in [1.165, 1.54) is 5.56 Å². The molecule has 1 amide bonds. The Morgan fingerprint density at radius 2 is 1.92 bits per heavy atom. The van der Waals surface area contributed by atoms with Gasteiger partial charge in [0.05, 0.1) is 13.0 Å². The zero-order valence-corrected chi connectivity index (χ0v) is 15.0. The Kier molecular flexibility index (Phi) is 4.86. The van der Waals surface area contributed by atoms with Crippen molar-refractivity contribution in [1.82, 2.24) is 4.90 Å². The molecule has 0 saturated carbocycles. The van der Waals surface area contributed by atoms with E-state index in [-0.39, 0.29) is 11.8 Å². The fourth-order valence-electron chi connectivity index (χ4n) is 2.85. The van der Waals surface area contributed by atoms with E-state index in [4.69, 9.17) is 4.74 Å². The third-order valence-corrected chi connectivity index (χ3v) is 5.05. The molecule has 1 heterocycles. The molecule has 1 atom stereocenters. The molecule has 1 aromatic heterocycles. The van der Waals surface area contributed by atoms with Crippen molar-refractivity contribution >= 4 is 28.0 Å². The van der Waals surface area contributed by atoms with Crippen LogP contribution in [0.5, 0.6) is 5.75 Å². The number of carbonyl (C=O) groups excluding carboxylic acids is 1. The van der Waals surface area contributed by atoms with Gasteiger partial charge in [0.15, 0.2) is 0 Å². The van der Waals surface area contributed by atoms with E-state index in [1.54, 1.807) is 23.3 Å². The van der Waals surface area contributed by atoms with Crippen LogP contribution in [0.15, 0.2) is 53.2 Å². The summed E-state index contributed by atoms with van der Waals surface area (Å²) in [7, 11) is 3.53. The lowest BCUT2D eigenvalue weighted by molar-refractivity contribution is -0.131. The molecule has 0 spiro atoms. The van der Waals surface area contributed by atoms with Crippen LogP contribution in [0.4, 0.5) is 0 Å². The van der Waals surface area contributed by atoms with Gasteiger partial charge in [0, 0.05) is 13.6 Å². The van der Waals surface area contributed by atoms with E-state index >= 15 is 0 Å². The number of benzene rings is 2. The summed E-state index contributed by atoms with van der Waals surface area (Å²) in [6, 6.07) is 14.2. The van der Waals surface area contributed by atoms with Crippen LogP contribution < -0.4 is 4.74 Å². The maximum Gasteiger partial charge on any atom is 0.229 e. The molecule has 0 aliphatic rings. The van der Waals surface area contributed by atoms with Crippen molar-refractivity contribution in [2.45, 2.75) is 19.4 Å². The molecular weight excluding hydrogens is 318 g/mol. The first-order chi connectivity index (χ1) is 11.6. The molecule has 0 aliphatic heterocycles. The Balaban J connectivity index is 1.79. The highest BCUT2D eigenvalue weighted by molar-refractivity contribution is 7.07. The highest BCUT2D eigenvalue weighted by Gasteiger charge is 2.19. The van der Waals surface area contributed by atoms with Gasteiger partial charge in [0.25, 0.3) is 0 Å². The maximum absolute atomic E-state index is 12.7. The van der Waals surface area contributed by atoms with Gasteiger partial charge in [0.2, 0.25) is 5.91 Å². The number of nitrogens with zero attached hydrogens (tertiary/aromatic N) is 1. The van der Waals surface area contributed by atoms with Crippen molar-refractivity contribution in [2.75, 3.05) is 14.2 Å². The smallest absolute Gasteiger partial charge is 0.229 e. The minimum atomic E-state index is -0.167. The van der Waals surface area contributed by atoms with Gasteiger partial charge < -0.3 is 9.64 Å². The minimum absolute atomic E-state index is 0.133. The molecule has 24 heavy (non-hydrogen) atoms. The van der Waals surface area contributed by atoms with E-state index in [0.29, 0.717) is 6.54 Å². The van der Waals surface area contributed by atoms with Crippen molar-refractivity contribution in [1.29, 1.82) is 0 Å². The molecule has 4 heteroatoms. The summed E-state index contributed by atoms with van der Waals surface area (Å²) < 4.78 is 5.26. The fourth-order valence-corrected chi connectivity index (χ4v) is 3.51. The van der Waals surface area contributed by atoms with Crippen LogP contribution in [0, 0.1) is 0 Å². The molecule has 124 valence electrons. The lowest BCUT2D eigenvalue weighted by Crippen LogP contribution is -2.30. The summed E-state index contributed by atoms with van der Waals surface area (Å²) >= 11 is 1.65. The van der Waals surface area contributed by atoms with Crippen LogP contribution in [0.2, 0.25) is 0 Å². The van der Waals surface area contributed by atoms with Gasteiger partial charge in [0.1, 0.15) is 5.75 Å². The van der Waals surface area contributed by atoms with Crippen LogP contribution in [-0.4, -0.2) is 25.0 Å². The fraction of sp³-hybridized carbons (Fsp3) is 0.250. The summed E-state index contributed by atoms with van der Waals surface area (Å²) in [6.07, 6.45) is 0. The third-order valence-electron chi connectivity index (χ3n) is 4.32. The lowest BCUT2D eigenvalue weighted by atomic mass is 9.96. The summed E-state index contributed by atoms with van der Waals surface area (Å²) in [6.45, 7) is 2.62. The second-order valence-corrected chi connectivity index (χ2v) is 6.80. The topological polar surface area (TPSA) is 29.5 Å². The normalized spacial score (nSPS) is 12.1. The summed E-state index contributed by atoms with van der Waals surface area (Å²) in [4.78, 5) is 14.5. The van der Waals surface area contributed by atoms with E-state index in [9.17, 15) is 4.79 Å². The molecule has 3 nitrogen and oxygen atoms in total.